The minimum Gasteiger partial charge on any atom is -0.370 e. The van der Waals surface area contributed by atoms with Gasteiger partial charge in [0.1, 0.15) is 11.9 Å². The molecule has 2 unspecified atom stereocenters. The topological polar surface area (TPSA) is 106 Å². The lowest BCUT2D eigenvalue weighted by Crippen LogP contribution is -2.40. The molecule has 174 valence electrons. The highest BCUT2D eigenvalue weighted by Crippen LogP contribution is 2.33. The molecule has 1 aromatic heterocycles. The fourth-order valence-corrected chi connectivity index (χ4v) is 6.31. The van der Waals surface area contributed by atoms with Crippen molar-refractivity contribution in [1.82, 2.24) is 20.1 Å². The van der Waals surface area contributed by atoms with Gasteiger partial charge in [-0.1, -0.05) is 29.8 Å². The van der Waals surface area contributed by atoms with E-state index in [4.69, 9.17) is 16.3 Å². The first kappa shape index (κ1) is 23.0. The molecule has 2 fully saturated rings. The number of rotatable bonds is 7. The Balaban J connectivity index is 1.57. The second-order valence-corrected chi connectivity index (χ2v) is 10.9. The van der Waals surface area contributed by atoms with Gasteiger partial charge in [0.2, 0.25) is 11.9 Å². The van der Waals surface area contributed by atoms with E-state index in [1.807, 2.05) is 28.8 Å². The van der Waals surface area contributed by atoms with Crippen LogP contribution in [-0.2, 0) is 25.9 Å². The lowest BCUT2D eigenvalue weighted by molar-refractivity contribution is -0.118. The molecule has 0 radical (unpaired) electrons. The van der Waals surface area contributed by atoms with Crippen LogP contribution in [0.3, 0.4) is 0 Å². The summed E-state index contributed by atoms with van der Waals surface area (Å²) in [6.45, 7) is 4.33. The number of aromatic nitrogens is 3. The normalized spacial score (nSPS) is 22.8. The van der Waals surface area contributed by atoms with Crippen LogP contribution in [0.4, 0.5) is 5.95 Å². The predicted molar refractivity (Wildman–Crippen MR) is 122 cm³/mol. The van der Waals surface area contributed by atoms with Gasteiger partial charge in [0, 0.05) is 43.1 Å². The van der Waals surface area contributed by atoms with Gasteiger partial charge in [0.05, 0.1) is 24.7 Å². The Bertz CT molecular complexity index is 1070. The molecule has 4 rings (SSSR count). The third-order valence-corrected chi connectivity index (χ3v) is 8.00. The summed E-state index contributed by atoms with van der Waals surface area (Å²) in [5, 5.41) is 12.4. The Hall–Kier alpha value is -2.17. The number of amides is 1. The van der Waals surface area contributed by atoms with Crippen molar-refractivity contribution in [2.45, 2.75) is 38.3 Å². The number of hydrogen-bond acceptors (Lipinski definition) is 7. The number of carbonyl (C=O) groups is 1. The van der Waals surface area contributed by atoms with Gasteiger partial charge in [0.25, 0.3) is 0 Å². The largest absolute Gasteiger partial charge is 0.370 e. The Kier molecular flexibility index (Phi) is 7.02. The van der Waals surface area contributed by atoms with Crippen LogP contribution in [0, 0.1) is 0 Å². The highest BCUT2D eigenvalue weighted by atomic mass is 35.5. The van der Waals surface area contributed by atoms with Crippen molar-refractivity contribution in [2.75, 3.05) is 42.6 Å². The van der Waals surface area contributed by atoms with Gasteiger partial charge in [-0.15, -0.1) is 10.2 Å². The number of carbonyl (C=O) groups excluding carboxylic acids is 1. The lowest BCUT2D eigenvalue weighted by Gasteiger charge is -2.34. The maximum Gasteiger partial charge on any atom is 0.227 e. The molecule has 32 heavy (non-hydrogen) atoms. The molecule has 0 aliphatic carbocycles. The Labute approximate surface area is 193 Å². The Morgan fingerprint density at radius 2 is 2.12 bits per heavy atom. The number of benzene rings is 1. The maximum atomic E-state index is 12.1. The minimum atomic E-state index is -3.05. The molecule has 0 saturated carbocycles. The number of nitrogens with zero attached hydrogens (tertiary/aromatic N) is 4. The second kappa shape index (κ2) is 9.76. The zero-order valence-electron chi connectivity index (χ0n) is 18.0. The average molecular weight is 482 g/mol. The first-order chi connectivity index (χ1) is 15.3. The SMILES string of the molecule is CC(=O)NCCCn1c(C2CCS(=O)(=O)C2)nnc1N1CCOC(c2ccccc2Cl)C1. The van der Waals surface area contributed by atoms with E-state index in [0.717, 1.165) is 5.56 Å². The molecule has 0 bridgehead atoms. The van der Waals surface area contributed by atoms with Crippen molar-refractivity contribution in [1.29, 1.82) is 0 Å². The van der Waals surface area contributed by atoms with Gasteiger partial charge in [-0.05, 0) is 18.9 Å². The summed E-state index contributed by atoms with van der Waals surface area (Å²) in [4.78, 5) is 13.3. The third kappa shape index (κ3) is 5.24. The van der Waals surface area contributed by atoms with Gasteiger partial charge in [-0.25, -0.2) is 8.42 Å². The lowest BCUT2D eigenvalue weighted by atomic mass is 10.1. The number of sulfone groups is 1. The number of ether oxygens (including phenoxy) is 1. The highest BCUT2D eigenvalue weighted by Gasteiger charge is 2.35. The van der Waals surface area contributed by atoms with Crippen LogP contribution in [0.1, 0.15) is 43.2 Å². The van der Waals surface area contributed by atoms with Gasteiger partial charge < -0.3 is 15.0 Å². The minimum absolute atomic E-state index is 0.0770. The van der Waals surface area contributed by atoms with Crippen LogP contribution in [0.5, 0.6) is 0 Å². The smallest absolute Gasteiger partial charge is 0.227 e. The van der Waals surface area contributed by atoms with Gasteiger partial charge in [0.15, 0.2) is 9.84 Å². The molecule has 9 nitrogen and oxygen atoms in total. The molecule has 2 aliphatic heterocycles. The number of hydrogen-bond donors (Lipinski definition) is 1. The van der Waals surface area contributed by atoms with E-state index in [0.29, 0.717) is 62.4 Å². The molecular formula is C21H28ClN5O4S. The van der Waals surface area contributed by atoms with Crippen LogP contribution in [-0.4, -0.2) is 66.8 Å². The highest BCUT2D eigenvalue weighted by molar-refractivity contribution is 7.91. The summed E-state index contributed by atoms with van der Waals surface area (Å²) in [6, 6.07) is 7.64. The summed E-state index contributed by atoms with van der Waals surface area (Å²) in [5.41, 5.74) is 0.928. The van der Waals surface area contributed by atoms with Gasteiger partial charge >= 0.3 is 0 Å². The molecular weight excluding hydrogens is 454 g/mol. The van der Waals surface area contributed by atoms with Gasteiger partial charge in [-0.3, -0.25) is 9.36 Å². The van der Waals surface area contributed by atoms with E-state index in [2.05, 4.69) is 20.4 Å². The third-order valence-electron chi connectivity index (χ3n) is 5.89. The zero-order chi connectivity index (χ0) is 22.7. The molecule has 2 aliphatic rings. The van der Waals surface area contributed by atoms with Crippen LogP contribution < -0.4 is 10.2 Å². The summed E-state index contributed by atoms with van der Waals surface area (Å²) < 4.78 is 32.1. The monoisotopic (exact) mass is 481 g/mol. The van der Waals surface area contributed by atoms with Crippen molar-refractivity contribution in [3.8, 4) is 0 Å². The van der Waals surface area contributed by atoms with Crippen molar-refractivity contribution in [2.24, 2.45) is 0 Å². The van der Waals surface area contributed by atoms with Crippen LogP contribution in [0.2, 0.25) is 5.02 Å². The first-order valence-corrected chi connectivity index (χ1v) is 13.0. The Morgan fingerprint density at radius 3 is 2.84 bits per heavy atom. The maximum absolute atomic E-state index is 12.1. The van der Waals surface area contributed by atoms with Crippen molar-refractivity contribution < 1.29 is 17.9 Å². The van der Waals surface area contributed by atoms with E-state index < -0.39 is 9.84 Å². The zero-order valence-corrected chi connectivity index (χ0v) is 19.6. The summed E-state index contributed by atoms with van der Waals surface area (Å²) in [7, 11) is -3.05. The van der Waals surface area contributed by atoms with E-state index >= 15 is 0 Å². The van der Waals surface area contributed by atoms with Crippen LogP contribution >= 0.6 is 11.6 Å². The summed E-state index contributed by atoms with van der Waals surface area (Å²) >= 11 is 6.39. The van der Waals surface area contributed by atoms with Crippen molar-refractivity contribution in [3.63, 3.8) is 0 Å². The van der Waals surface area contributed by atoms with Crippen molar-refractivity contribution >= 4 is 33.3 Å². The van der Waals surface area contributed by atoms with E-state index in [1.54, 1.807) is 0 Å². The van der Waals surface area contributed by atoms with E-state index in [9.17, 15) is 13.2 Å². The van der Waals surface area contributed by atoms with Crippen molar-refractivity contribution in [3.05, 3.63) is 40.7 Å². The summed E-state index contributed by atoms with van der Waals surface area (Å²) in [6.07, 6.45) is 1.05. The predicted octanol–water partition coefficient (Wildman–Crippen LogP) is 1.94. The molecule has 2 saturated heterocycles. The molecule has 2 atom stereocenters. The van der Waals surface area contributed by atoms with Gasteiger partial charge in [-0.2, -0.15) is 0 Å². The second-order valence-electron chi connectivity index (χ2n) is 8.27. The van der Waals surface area contributed by atoms with Crippen LogP contribution in [0.15, 0.2) is 24.3 Å². The quantitative estimate of drug-likeness (QED) is 0.602. The molecule has 1 aromatic carbocycles. The number of morpholine rings is 1. The fraction of sp³-hybridized carbons (Fsp3) is 0.571. The van der Waals surface area contributed by atoms with E-state index in [-0.39, 0.29) is 29.4 Å². The Morgan fingerprint density at radius 1 is 1.31 bits per heavy atom. The molecule has 2 aromatic rings. The van der Waals surface area contributed by atoms with Crippen LogP contribution in [0.25, 0.3) is 0 Å². The molecule has 3 heterocycles. The fourth-order valence-electron chi connectivity index (χ4n) is 4.31. The molecule has 0 spiro atoms. The summed E-state index contributed by atoms with van der Waals surface area (Å²) in [5.74, 6) is 1.44. The molecule has 1 amide bonds. The standard InChI is InChI=1S/C21H28ClN5O4S/c1-15(28)23-8-4-9-27-20(16-7-12-32(29,30)14-16)24-25-21(27)26-10-11-31-19(13-26)17-5-2-3-6-18(17)22/h2-3,5-6,16,19H,4,7-14H2,1H3,(H,23,28). The number of halogens is 1. The molecule has 11 heteroatoms. The molecule has 1 N–H and O–H groups in total. The first-order valence-electron chi connectivity index (χ1n) is 10.8. The number of nitrogens with one attached hydrogen (secondary N) is 1. The average Bonchev–Trinajstić information content (AvgIpc) is 3.34. The van der Waals surface area contributed by atoms with E-state index in [1.165, 1.54) is 6.92 Å². The number of anilines is 1.